The van der Waals surface area contributed by atoms with E-state index < -0.39 is 11.8 Å². The molecule has 1 heterocycles. The van der Waals surface area contributed by atoms with Gasteiger partial charge in [-0.15, -0.1) is 0 Å². The van der Waals surface area contributed by atoms with Gasteiger partial charge < -0.3 is 4.74 Å². The lowest BCUT2D eigenvalue weighted by atomic mass is 10.1. The lowest BCUT2D eigenvalue weighted by Crippen LogP contribution is -2.13. The van der Waals surface area contributed by atoms with E-state index >= 15 is 0 Å². The first-order valence-corrected chi connectivity index (χ1v) is 9.23. The summed E-state index contributed by atoms with van der Waals surface area (Å²) >= 11 is 0. The minimum Gasteiger partial charge on any atom is -0.404 e. The van der Waals surface area contributed by atoms with Crippen LogP contribution in [0.25, 0.3) is 16.9 Å². The summed E-state index contributed by atoms with van der Waals surface area (Å²) in [4.78, 5) is 12.6. The summed E-state index contributed by atoms with van der Waals surface area (Å²) in [6, 6.07) is 23.0. The van der Waals surface area contributed by atoms with Crippen LogP contribution in [0.15, 0.2) is 78.9 Å². The molecule has 4 rings (SSSR count). The number of carbonyl (C=O) groups excluding carboxylic acids is 1. The third-order valence-electron chi connectivity index (χ3n) is 4.62. The maximum Gasteiger partial charge on any atom is 0.347 e. The van der Waals surface area contributed by atoms with E-state index in [9.17, 15) is 9.18 Å². The monoisotopic (exact) mass is 386 g/mol. The summed E-state index contributed by atoms with van der Waals surface area (Å²) in [5.74, 6) is -1.17. The van der Waals surface area contributed by atoms with Crippen LogP contribution in [0, 0.1) is 19.7 Å². The molecule has 0 saturated heterocycles. The summed E-state index contributed by atoms with van der Waals surface area (Å²) in [5.41, 5.74) is 4.31. The number of ether oxygens (including phenoxy) is 1. The fraction of sp³-hybridized carbons (Fsp3) is 0.0833. The van der Waals surface area contributed by atoms with Crippen LogP contribution in [0.2, 0.25) is 0 Å². The number of aryl methyl sites for hydroxylation is 2. The Kier molecular flexibility index (Phi) is 4.96. The average Bonchev–Trinajstić information content (AvgIpc) is 3.12. The fourth-order valence-electron chi connectivity index (χ4n) is 3.18. The zero-order valence-electron chi connectivity index (χ0n) is 16.1. The van der Waals surface area contributed by atoms with Gasteiger partial charge in [-0.1, -0.05) is 60.2 Å². The number of rotatable bonds is 4. The smallest absolute Gasteiger partial charge is 0.347 e. The van der Waals surface area contributed by atoms with Crippen molar-refractivity contribution in [1.82, 2.24) is 9.78 Å². The zero-order chi connectivity index (χ0) is 20.4. The van der Waals surface area contributed by atoms with Gasteiger partial charge >= 0.3 is 5.97 Å². The van der Waals surface area contributed by atoms with E-state index in [0.29, 0.717) is 5.69 Å². The van der Waals surface area contributed by atoms with Gasteiger partial charge in [-0.05, 0) is 37.6 Å². The summed E-state index contributed by atoms with van der Waals surface area (Å²) in [6.45, 7) is 3.98. The van der Waals surface area contributed by atoms with Crippen molar-refractivity contribution in [3.05, 3.63) is 101 Å². The normalized spacial score (nSPS) is 10.7. The zero-order valence-corrected chi connectivity index (χ0v) is 16.1. The molecule has 0 N–H and O–H groups in total. The molecule has 5 heteroatoms. The number of esters is 1. The number of nitrogens with zero attached hydrogens (tertiary/aromatic N) is 2. The molecule has 0 aliphatic rings. The van der Waals surface area contributed by atoms with E-state index in [0.717, 1.165) is 22.4 Å². The van der Waals surface area contributed by atoms with Gasteiger partial charge in [0.1, 0.15) is 5.82 Å². The highest BCUT2D eigenvalue weighted by Crippen LogP contribution is 2.28. The third kappa shape index (κ3) is 3.80. The van der Waals surface area contributed by atoms with E-state index in [4.69, 9.17) is 4.74 Å². The van der Waals surface area contributed by atoms with Gasteiger partial charge in [0.15, 0.2) is 0 Å². The first-order chi connectivity index (χ1) is 14.0. The Bertz CT molecular complexity index is 1180. The molecule has 0 radical (unpaired) electrons. The maximum absolute atomic E-state index is 14.0. The largest absolute Gasteiger partial charge is 0.404 e. The molecule has 0 atom stereocenters. The number of hydrogen-bond acceptors (Lipinski definition) is 3. The molecular weight excluding hydrogens is 367 g/mol. The van der Waals surface area contributed by atoms with Crippen molar-refractivity contribution in [2.24, 2.45) is 0 Å². The summed E-state index contributed by atoms with van der Waals surface area (Å²) < 4.78 is 21.2. The van der Waals surface area contributed by atoms with E-state index in [-0.39, 0.29) is 11.4 Å². The van der Waals surface area contributed by atoms with Gasteiger partial charge in [-0.25, -0.2) is 9.18 Å². The topological polar surface area (TPSA) is 44.1 Å². The van der Waals surface area contributed by atoms with Gasteiger partial charge in [-0.2, -0.15) is 9.78 Å². The number of halogens is 1. The van der Waals surface area contributed by atoms with Crippen molar-refractivity contribution in [3.63, 3.8) is 0 Å². The van der Waals surface area contributed by atoms with Gasteiger partial charge in [-0.3, -0.25) is 0 Å². The highest BCUT2D eigenvalue weighted by Gasteiger charge is 2.19. The van der Waals surface area contributed by atoms with Crippen LogP contribution in [0.3, 0.4) is 0 Å². The molecule has 0 aliphatic carbocycles. The second-order valence-corrected chi connectivity index (χ2v) is 6.80. The number of aromatic nitrogens is 2. The number of hydrogen-bond donors (Lipinski definition) is 0. The van der Waals surface area contributed by atoms with Gasteiger partial charge in [0, 0.05) is 11.6 Å². The minimum atomic E-state index is -0.770. The minimum absolute atomic E-state index is 0.123. The lowest BCUT2D eigenvalue weighted by Gasteiger charge is -2.11. The molecule has 0 spiro atoms. The van der Waals surface area contributed by atoms with Crippen LogP contribution in [-0.4, -0.2) is 15.7 Å². The molecule has 0 amide bonds. The molecule has 29 heavy (non-hydrogen) atoms. The molecule has 3 aromatic carbocycles. The molecule has 1 aromatic heterocycles. The first-order valence-electron chi connectivity index (χ1n) is 9.23. The summed E-state index contributed by atoms with van der Waals surface area (Å²) in [5, 5.41) is 4.66. The second kappa shape index (κ2) is 7.72. The van der Waals surface area contributed by atoms with Crippen molar-refractivity contribution in [3.8, 4) is 22.8 Å². The number of benzene rings is 3. The molecule has 0 saturated carbocycles. The van der Waals surface area contributed by atoms with E-state index in [2.05, 4.69) is 5.10 Å². The van der Waals surface area contributed by atoms with Crippen LogP contribution in [0.4, 0.5) is 4.39 Å². The van der Waals surface area contributed by atoms with Gasteiger partial charge in [0.05, 0.1) is 16.9 Å². The Morgan fingerprint density at radius 3 is 2.38 bits per heavy atom. The molecule has 144 valence electrons. The Labute approximate surface area is 168 Å². The van der Waals surface area contributed by atoms with Crippen LogP contribution < -0.4 is 4.74 Å². The predicted molar refractivity (Wildman–Crippen MR) is 110 cm³/mol. The average molecular weight is 386 g/mol. The molecule has 0 bridgehead atoms. The number of carbonyl (C=O) groups is 1. The highest BCUT2D eigenvalue weighted by atomic mass is 19.1. The Hall–Kier alpha value is -3.73. The third-order valence-corrected chi connectivity index (χ3v) is 4.62. The SMILES string of the molecule is Cc1ccc(-n2nc(-c3ccccc3)cc2OC(=O)c2ccccc2F)c(C)c1. The van der Waals surface area contributed by atoms with Gasteiger partial charge in [0.25, 0.3) is 0 Å². The maximum atomic E-state index is 14.0. The Balaban J connectivity index is 1.80. The van der Waals surface area contributed by atoms with E-state index in [1.165, 1.54) is 18.2 Å². The summed E-state index contributed by atoms with van der Waals surface area (Å²) in [7, 11) is 0. The molecular formula is C24H19FN2O2. The quantitative estimate of drug-likeness (QED) is 0.434. The van der Waals surface area contributed by atoms with Crippen molar-refractivity contribution < 1.29 is 13.9 Å². The Morgan fingerprint density at radius 1 is 0.931 bits per heavy atom. The second-order valence-electron chi connectivity index (χ2n) is 6.80. The van der Waals surface area contributed by atoms with Crippen LogP contribution in [-0.2, 0) is 0 Å². The van der Waals surface area contributed by atoms with Crippen molar-refractivity contribution in [2.45, 2.75) is 13.8 Å². The van der Waals surface area contributed by atoms with E-state index in [1.807, 2.05) is 62.4 Å². The summed E-state index contributed by atoms with van der Waals surface area (Å²) in [6.07, 6.45) is 0. The van der Waals surface area contributed by atoms with Crippen molar-refractivity contribution in [2.75, 3.05) is 0 Å². The standard InChI is InChI=1S/C24H19FN2O2/c1-16-12-13-22(17(2)14-16)27-23(15-21(26-27)18-8-4-3-5-9-18)29-24(28)19-10-6-7-11-20(19)25/h3-15H,1-2H3. The van der Waals surface area contributed by atoms with Crippen LogP contribution >= 0.6 is 0 Å². The first kappa shape index (κ1) is 18.6. The van der Waals surface area contributed by atoms with Gasteiger partial charge in [0.2, 0.25) is 5.88 Å². The van der Waals surface area contributed by atoms with Crippen LogP contribution in [0.1, 0.15) is 21.5 Å². The lowest BCUT2D eigenvalue weighted by molar-refractivity contribution is 0.0718. The molecule has 0 aliphatic heterocycles. The molecule has 4 aromatic rings. The van der Waals surface area contributed by atoms with Crippen LogP contribution in [0.5, 0.6) is 5.88 Å². The predicted octanol–water partition coefficient (Wildman–Crippen LogP) is 5.51. The molecule has 0 fully saturated rings. The van der Waals surface area contributed by atoms with E-state index in [1.54, 1.807) is 16.8 Å². The van der Waals surface area contributed by atoms with Crippen molar-refractivity contribution in [1.29, 1.82) is 0 Å². The molecule has 4 nitrogen and oxygen atoms in total. The highest BCUT2D eigenvalue weighted by molar-refractivity contribution is 5.91. The Morgan fingerprint density at radius 2 is 1.66 bits per heavy atom. The molecule has 0 unspecified atom stereocenters. The van der Waals surface area contributed by atoms with Crippen molar-refractivity contribution >= 4 is 5.97 Å². The fourth-order valence-corrected chi connectivity index (χ4v) is 3.18.